The molecule has 0 heterocycles. The molecule has 86 valence electrons. The van der Waals surface area contributed by atoms with Gasteiger partial charge >= 0.3 is 0 Å². The molecule has 1 N–H and O–H groups in total. The molecule has 0 bridgehead atoms. The van der Waals surface area contributed by atoms with Crippen molar-refractivity contribution in [3.63, 3.8) is 0 Å². The summed E-state index contributed by atoms with van der Waals surface area (Å²) in [5, 5.41) is 12.2. The minimum Gasteiger partial charge on any atom is -0.311 e. The van der Waals surface area contributed by atoms with Gasteiger partial charge in [-0.3, -0.25) is 0 Å². The second-order valence-corrected chi connectivity index (χ2v) is 6.17. The Kier molecular flexibility index (Phi) is 3.78. The van der Waals surface area contributed by atoms with E-state index in [1.165, 1.54) is 12.8 Å². The third-order valence-corrected chi connectivity index (χ3v) is 3.53. The number of nitrogens with zero attached hydrogens (tertiary/aromatic N) is 1. The average Bonchev–Trinajstić information content (AvgIpc) is 2.95. The molecule has 2 heteroatoms. The van der Waals surface area contributed by atoms with Gasteiger partial charge in [0, 0.05) is 18.5 Å². The van der Waals surface area contributed by atoms with E-state index in [0.717, 1.165) is 18.9 Å². The summed E-state index contributed by atoms with van der Waals surface area (Å²) in [6, 6.07) is 2.23. The van der Waals surface area contributed by atoms with E-state index in [4.69, 9.17) is 5.26 Å². The van der Waals surface area contributed by atoms with Gasteiger partial charge in [-0.1, -0.05) is 13.8 Å². The molecule has 1 aliphatic rings. The van der Waals surface area contributed by atoms with E-state index in [0.29, 0.717) is 6.42 Å². The third kappa shape index (κ3) is 4.22. The fourth-order valence-corrected chi connectivity index (χ4v) is 1.90. The van der Waals surface area contributed by atoms with Crippen LogP contribution in [0.4, 0.5) is 0 Å². The Balaban J connectivity index is 2.31. The summed E-state index contributed by atoms with van der Waals surface area (Å²) in [6.45, 7) is 10.1. The molecule has 0 aromatic carbocycles. The Hall–Kier alpha value is -0.550. The van der Waals surface area contributed by atoms with Gasteiger partial charge in [-0.2, -0.15) is 5.26 Å². The summed E-state index contributed by atoms with van der Waals surface area (Å²) in [5.41, 5.74) is 0.520. The van der Waals surface area contributed by atoms with Crippen molar-refractivity contribution >= 4 is 0 Å². The van der Waals surface area contributed by atoms with Crippen LogP contribution in [0.1, 0.15) is 53.4 Å². The van der Waals surface area contributed by atoms with E-state index in [9.17, 15) is 0 Å². The van der Waals surface area contributed by atoms with Crippen LogP contribution < -0.4 is 5.32 Å². The van der Waals surface area contributed by atoms with E-state index in [1.807, 2.05) is 0 Å². The molecule has 1 fully saturated rings. The molecule has 0 saturated heterocycles. The fraction of sp³-hybridized carbons (Fsp3) is 0.923. The standard InChI is InChI=1S/C13H24N2/c1-12(2,8-5-9-14)10-15-13(3,4)11-6-7-11/h11,15H,5-8,10H2,1-4H3. The van der Waals surface area contributed by atoms with E-state index in [1.54, 1.807) is 0 Å². The minimum absolute atomic E-state index is 0.238. The van der Waals surface area contributed by atoms with Crippen molar-refractivity contribution in [2.75, 3.05) is 6.54 Å². The molecule has 1 saturated carbocycles. The molecule has 1 aliphatic carbocycles. The van der Waals surface area contributed by atoms with Gasteiger partial charge in [0.25, 0.3) is 0 Å². The smallest absolute Gasteiger partial charge is 0.0621 e. The molecule has 2 nitrogen and oxygen atoms in total. The predicted octanol–water partition coefficient (Wildman–Crippen LogP) is 3.09. The van der Waals surface area contributed by atoms with Gasteiger partial charge < -0.3 is 5.32 Å². The lowest BCUT2D eigenvalue weighted by molar-refractivity contribution is 0.248. The Morgan fingerprint density at radius 1 is 1.27 bits per heavy atom. The van der Waals surface area contributed by atoms with Crippen molar-refractivity contribution in [3.8, 4) is 6.07 Å². The van der Waals surface area contributed by atoms with E-state index < -0.39 is 0 Å². The Bertz CT molecular complexity index is 244. The minimum atomic E-state index is 0.238. The third-order valence-electron chi connectivity index (χ3n) is 3.53. The highest BCUT2D eigenvalue weighted by atomic mass is 15.0. The van der Waals surface area contributed by atoms with Gasteiger partial charge in [0.2, 0.25) is 0 Å². The number of hydrogen-bond acceptors (Lipinski definition) is 2. The van der Waals surface area contributed by atoms with Crippen molar-refractivity contribution in [1.29, 1.82) is 5.26 Å². The van der Waals surface area contributed by atoms with Gasteiger partial charge in [0.15, 0.2) is 0 Å². The highest BCUT2D eigenvalue weighted by molar-refractivity contribution is 4.95. The lowest BCUT2D eigenvalue weighted by Crippen LogP contribution is -2.45. The van der Waals surface area contributed by atoms with Crippen LogP contribution in [0, 0.1) is 22.7 Å². The number of rotatable bonds is 6. The highest BCUT2D eigenvalue weighted by Crippen LogP contribution is 2.39. The second kappa shape index (κ2) is 4.53. The normalized spacial score (nSPS) is 17.5. The largest absolute Gasteiger partial charge is 0.311 e. The van der Waals surface area contributed by atoms with Gasteiger partial charge in [0.1, 0.15) is 0 Å². The molecule has 0 amide bonds. The van der Waals surface area contributed by atoms with E-state index >= 15 is 0 Å². The molecular formula is C13H24N2. The lowest BCUT2D eigenvalue weighted by Gasteiger charge is -2.32. The van der Waals surface area contributed by atoms with Crippen molar-refractivity contribution < 1.29 is 0 Å². The number of nitrogens with one attached hydrogen (secondary N) is 1. The van der Waals surface area contributed by atoms with Crippen LogP contribution in [0.25, 0.3) is 0 Å². The summed E-state index contributed by atoms with van der Waals surface area (Å²) in [4.78, 5) is 0. The summed E-state index contributed by atoms with van der Waals surface area (Å²) < 4.78 is 0. The summed E-state index contributed by atoms with van der Waals surface area (Å²) >= 11 is 0. The summed E-state index contributed by atoms with van der Waals surface area (Å²) in [6.07, 6.45) is 4.40. The highest BCUT2D eigenvalue weighted by Gasteiger charge is 2.38. The van der Waals surface area contributed by atoms with Crippen LogP contribution in [0.3, 0.4) is 0 Å². The molecule has 0 aliphatic heterocycles. The molecule has 0 unspecified atom stereocenters. The van der Waals surface area contributed by atoms with E-state index in [2.05, 4.69) is 39.1 Å². The van der Waals surface area contributed by atoms with Crippen LogP contribution in [-0.2, 0) is 0 Å². The molecule has 15 heavy (non-hydrogen) atoms. The first-order valence-corrected chi connectivity index (χ1v) is 5.99. The van der Waals surface area contributed by atoms with Crippen molar-refractivity contribution in [2.45, 2.75) is 58.9 Å². The molecule has 0 aromatic heterocycles. The quantitative estimate of drug-likeness (QED) is 0.728. The molecule has 0 radical (unpaired) electrons. The molecule has 0 atom stereocenters. The number of hydrogen-bond donors (Lipinski definition) is 1. The van der Waals surface area contributed by atoms with Gasteiger partial charge in [-0.15, -0.1) is 0 Å². The van der Waals surface area contributed by atoms with Crippen LogP contribution in [-0.4, -0.2) is 12.1 Å². The predicted molar refractivity (Wildman–Crippen MR) is 63.4 cm³/mol. The maximum absolute atomic E-state index is 8.59. The van der Waals surface area contributed by atoms with Crippen molar-refractivity contribution in [3.05, 3.63) is 0 Å². The zero-order chi connectivity index (χ0) is 11.5. The number of nitriles is 1. The maximum atomic E-state index is 8.59. The second-order valence-electron chi connectivity index (χ2n) is 6.17. The van der Waals surface area contributed by atoms with Crippen LogP contribution >= 0.6 is 0 Å². The van der Waals surface area contributed by atoms with Gasteiger partial charge in [-0.05, 0) is 44.4 Å². The van der Waals surface area contributed by atoms with Crippen molar-refractivity contribution in [1.82, 2.24) is 5.32 Å². The Morgan fingerprint density at radius 3 is 2.33 bits per heavy atom. The Labute approximate surface area is 94.1 Å². The molecule has 1 rings (SSSR count). The first kappa shape index (κ1) is 12.5. The topological polar surface area (TPSA) is 35.8 Å². The summed E-state index contributed by atoms with van der Waals surface area (Å²) in [7, 11) is 0. The zero-order valence-electron chi connectivity index (χ0n) is 10.6. The molecular weight excluding hydrogens is 184 g/mol. The van der Waals surface area contributed by atoms with Crippen LogP contribution in [0.15, 0.2) is 0 Å². The fourth-order valence-electron chi connectivity index (χ4n) is 1.90. The Morgan fingerprint density at radius 2 is 1.87 bits per heavy atom. The SMILES string of the molecule is CC(C)(CCC#N)CNC(C)(C)C1CC1. The monoisotopic (exact) mass is 208 g/mol. The summed E-state index contributed by atoms with van der Waals surface area (Å²) in [5.74, 6) is 0.865. The molecule has 0 spiro atoms. The lowest BCUT2D eigenvalue weighted by atomic mass is 9.86. The maximum Gasteiger partial charge on any atom is 0.0621 e. The van der Waals surface area contributed by atoms with Crippen molar-refractivity contribution in [2.24, 2.45) is 11.3 Å². The van der Waals surface area contributed by atoms with Gasteiger partial charge in [-0.25, -0.2) is 0 Å². The first-order chi connectivity index (χ1) is 6.87. The average molecular weight is 208 g/mol. The van der Waals surface area contributed by atoms with E-state index in [-0.39, 0.29) is 11.0 Å². The molecule has 0 aromatic rings. The van der Waals surface area contributed by atoms with Crippen LogP contribution in [0.5, 0.6) is 0 Å². The van der Waals surface area contributed by atoms with Crippen LogP contribution in [0.2, 0.25) is 0 Å². The zero-order valence-corrected chi connectivity index (χ0v) is 10.6. The van der Waals surface area contributed by atoms with Gasteiger partial charge in [0.05, 0.1) is 6.07 Å². The first-order valence-electron chi connectivity index (χ1n) is 5.99.